The van der Waals surface area contributed by atoms with Crippen molar-refractivity contribution < 1.29 is 14.6 Å². The molecule has 0 bridgehead atoms. The Balaban J connectivity index is 2.57. The van der Waals surface area contributed by atoms with Crippen LogP contribution in [0.1, 0.15) is 19.4 Å². The van der Waals surface area contributed by atoms with E-state index in [1.54, 1.807) is 6.08 Å². The van der Waals surface area contributed by atoms with Gasteiger partial charge in [0.25, 0.3) is 0 Å². The third-order valence-electron chi connectivity index (χ3n) is 1.88. The molecule has 3 heteroatoms. The lowest BCUT2D eigenvalue weighted by atomic mass is 10.2. The maximum absolute atomic E-state index is 10.3. The van der Waals surface area contributed by atoms with Gasteiger partial charge in [-0.05, 0) is 29.7 Å². The first kappa shape index (κ1) is 12.3. The van der Waals surface area contributed by atoms with E-state index in [4.69, 9.17) is 9.84 Å². The molecule has 0 radical (unpaired) electrons. The number of carboxylic acids is 1. The van der Waals surface area contributed by atoms with Gasteiger partial charge in [0.15, 0.2) is 0 Å². The van der Waals surface area contributed by atoms with Gasteiger partial charge in [-0.15, -0.1) is 0 Å². The van der Waals surface area contributed by atoms with E-state index in [0.29, 0.717) is 12.5 Å². The summed E-state index contributed by atoms with van der Waals surface area (Å²) in [5.41, 5.74) is 0.847. The van der Waals surface area contributed by atoms with E-state index in [-0.39, 0.29) is 0 Å². The van der Waals surface area contributed by atoms with Crippen molar-refractivity contribution in [2.75, 3.05) is 6.61 Å². The number of carboxylic acid groups (broad SMARTS) is 1. The maximum atomic E-state index is 10.3. The van der Waals surface area contributed by atoms with Crippen LogP contribution in [0.3, 0.4) is 0 Å². The van der Waals surface area contributed by atoms with Gasteiger partial charge in [0, 0.05) is 6.08 Å². The van der Waals surface area contributed by atoms with Gasteiger partial charge in [0.2, 0.25) is 0 Å². The predicted octanol–water partition coefficient (Wildman–Crippen LogP) is 2.82. The van der Waals surface area contributed by atoms with Crippen molar-refractivity contribution in [1.29, 1.82) is 0 Å². The lowest BCUT2D eigenvalue weighted by Crippen LogP contribution is -2.04. The van der Waals surface area contributed by atoms with Gasteiger partial charge in [-0.1, -0.05) is 26.0 Å². The highest BCUT2D eigenvalue weighted by Crippen LogP contribution is 2.14. The Labute approximate surface area is 95.4 Å². The van der Waals surface area contributed by atoms with Crippen LogP contribution in [0.2, 0.25) is 0 Å². The molecule has 0 unspecified atom stereocenters. The summed E-state index contributed by atoms with van der Waals surface area (Å²) in [5.74, 6) is 0.355. The van der Waals surface area contributed by atoms with E-state index in [9.17, 15) is 4.79 Å². The molecule has 0 spiro atoms. The summed E-state index contributed by atoms with van der Waals surface area (Å²) in [6.07, 6.45) is 2.67. The number of carbonyl (C=O) groups is 1. The van der Waals surface area contributed by atoms with E-state index in [1.807, 2.05) is 24.3 Å². The van der Waals surface area contributed by atoms with E-state index < -0.39 is 5.97 Å². The quantitative estimate of drug-likeness (QED) is 0.776. The molecule has 0 atom stereocenters. The number of hydrogen-bond donors (Lipinski definition) is 1. The summed E-state index contributed by atoms with van der Waals surface area (Å²) in [5, 5.41) is 8.46. The largest absolute Gasteiger partial charge is 0.493 e. The van der Waals surface area contributed by atoms with Crippen LogP contribution in [-0.4, -0.2) is 17.7 Å². The molecule has 16 heavy (non-hydrogen) atoms. The van der Waals surface area contributed by atoms with E-state index >= 15 is 0 Å². The smallest absolute Gasteiger partial charge is 0.328 e. The number of benzene rings is 1. The maximum Gasteiger partial charge on any atom is 0.328 e. The fraction of sp³-hybridized carbons (Fsp3) is 0.308. The summed E-state index contributed by atoms with van der Waals surface area (Å²) >= 11 is 0. The Hall–Kier alpha value is -1.77. The van der Waals surface area contributed by atoms with Crippen molar-refractivity contribution in [3.05, 3.63) is 35.9 Å². The molecular weight excluding hydrogens is 204 g/mol. The third-order valence-corrected chi connectivity index (χ3v) is 1.88. The second-order valence-electron chi connectivity index (χ2n) is 3.95. The molecule has 0 aromatic heterocycles. The van der Waals surface area contributed by atoms with Crippen molar-refractivity contribution in [2.45, 2.75) is 13.8 Å². The van der Waals surface area contributed by atoms with E-state index in [0.717, 1.165) is 17.4 Å². The zero-order valence-electron chi connectivity index (χ0n) is 9.51. The SMILES string of the molecule is CC(C)COc1ccc(/C=C/C(=O)O)cc1. The first-order chi connectivity index (χ1) is 7.58. The minimum Gasteiger partial charge on any atom is -0.493 e. The van der Waals surface area contributed by atoms with Gasteiger partial charge in [-0.3, -0.25) is 0 Å². The van der Waals surface area contributed by atoms with Crippen LogP contribution >= 0.6 is 0 Å². The zero-order chi connectivity index (χ0) is 12.0. The first-order valence-electron chi connectivity index (χ1n) is 5.22. The zero-order valence-corrected chi connectivity index (χ0v) is 9.51. The minimum absolute atomic E-state index is 0.492. The standard InChI is InChI=1S/C13H16O3/c1-10(2)9-16-12-6-3-11(4-7-12)5-8-13(14)15/h3-8,10H,9H2,1-2H3,(H,14,15)/b8-5+. The summed E-state index contributed by atoms with van der Waals surface area (Å²) in [4.78, 5) is 10.3. The molecule has 3 nitrogen and oxygen atoms in total. The lowest BCUT2D eigenvalue weighted by molar-refractivity contribution is -0.131. The van der Waals surface area contributed by atoms with Crippen molar-refractivity contribution in [1.82, 2.24) is 0 Å². The van der Waals surface area contributed by atoms with E-state index in [2.05, 4.69) is 13.8 Å². The van der Waals surface area contributed by atoms with Crippen molar-refractivity contribution in [3.63, 3.8) is 0 Å². The van der Waals surface area contributed by atoms with Crippen molar-refractivity contribution in [3.8, 4) is 5.75 Å². The Bertz CT molecular complexity index is 363. The fourth-order valence-electron chi connectivity index (χ4n) is 1.11. The van der Waals surface area contributed by atoms with Gasteiger partial charge in [0.05, 0.1) is 6.61 Å². The second-order valence-corrected chi connectivity index (χ2v) is 3.95. The molecule has 0 saturated carbocycles. The van der Waals surface area contributed by atoms with Crippen LogP contribution < -0.4 is 4.74 Å². The van der Waals surface area contributed by atoms with Crippen LogP contribution in [0.5, 0.6) is 5.75 Å². The van der Waals surface area contributed by atoms with Crippen LogP contribution in [0.15, 0.2) is 30.3 Å². The molecular formula is C13H16O3. The highest BCUT2D eigenvalue weighted by molar-refractivity contribution is 5.85. The van der Waals surface area contributed by atoms with Gasteiger partial charge >= 0.3 is 5.97 Å². The molecule has 1 rings (SSSR count). The molecule has 0 aliphatic rings. The summed E-state index contributed by atoms with van der Waals surface area (Å²) in [6.45, 7) is 4.86. The average molecular weight is 220 g/mol. The molecule has 86 valence electrons. The van der Waals surface area contributed by atoms with Gasteiger partial charge in [-0.2, -0.15) is 0 Å². The molecule has 0 amide bonds. The predicted molar refractivity (Wildman–Crippen MR) is 63.4 cm³/mol. The first-order valence-corrected chi connectivity index (χ1v) is 5.22. The van der Waals surface area contributed by atoms with Crippen molar-refractivity contribution >= 4 is 12.0 Å². The molecule has 0 fully saturated rings. The Morgan fingerprint density at radius 1 is 1.38 bits per heavy atom. The summed E-state index contributed by atoms with van der Waals surface area (Å²) in [7, 11) is 0. The van der Waals surface area contributed by atoms with Gasteiger partial charge in [-0.25, -0.2) is 4.79 Å². The van der Waals surface area contributed by atoms with Crippen LogP contribution in [0, 0.1) is 5.92 Å². The normalized spacial score (nSPS) is 10.9. The number of aliphatic carboxylic acids is 1. The van der Waals surface area contributed by atoms with E-state index in [1.165, 1.54) is 0 Å². The molecule has 0 aliphatic heterocycles. The van der Waals surface area contributed by atoms with Crippen molar-refractivity contribution in [2.24, 2.45) is 5.92 Å². The summed E-state index contributed by atoms with van der Waals surface area (Å²) in [6, 6.07) is 7.33. The highest BCUT2D eigenvalue weighted by Gasteiger charge is 1.96. The highest BCUT2D eigenvalue weighted by atomic mass is 16.5. The fourth-order valence-corrected chi connectivity index (χ4v) is 1.11. The number of rotatable bonds is 5. The van der Waals surface area contributed by atoms with Gasteiger partial charge in [0.1, 0.15) is 5.75 Å². The van der Waals surface area contributed by atoms with Crippen LogP contribution in [0.25, 0.3) is 6.08 Å². The number of hydrogen-bond acceptors (Lipinski definition) is 2. The van der Waals surface area contributed by atoms with Crippen LogP contribution in [-0.2, 0) is 4.79 Å². The third kappa shape index (κ3) is 4.64. The monoisotopic (exact) mass is 220 g/mol. The minimum atomic E-state index is -0.944. The molecule has 1 aromatic carbocycles. The summed E-state index contributed by atoms with van der Waals surface area (Å²) < 4.78 is 5.51. The van der Waals surface area contributed by atoms with Crippen LogP contribution in [0.4, 0.5) is 0 Å². The molecule has 0 saturated heterocycles. The topological polar surface area (TPSA) is 46.5 Å². The van der Waals surface area contributed by atoms with Gasteiger partial charge < -0.3 is 9.84 Å². The molecule has 0 aliphatic carbocycles. The Morgan fingerprint density at radius 2 is 2.00 bits per heavy atom. The molecule has 1 aromatic rings. The second kappa shape index (κ2) is 5.95. The Morgan fingerprint density at radius 3 is 2.50 bits per heavy atom. The average Bonchev–Trinajstić information content (AvgIpc) is 2.25. The molecule has 1 N–H and O–H groups in total. The Kier molecular flexibility index (Phi) is 4.58. The number of ether oxygens (including phenoxy) is 1. The lowest BCUT2D eigenvalue weighted by Gasteiger charge is -2.08. The molecule has 0 heterocycles.